The topological polar surface area (TPSA) is 102 Å². The molecular weight excluding hydrogens is 452 g/mol. The van der Waals surface area contributed by atoms with Crippen LogP contribution in [-0.2, 0) is 6.42 Å². The van der Waals surface area contributed by atoms with Crippen molar-refractivity contribution in [3.8, 4) is 11.5 Å². The van der Waals surface area contributed by atoms with Gasteiger partial charge in [-0.3, -0.25) is 5.10 Å². The Morgan fingerprint density at radius 2 is 1.89 bits per heavy atom. The van der Waals surface area contributed by atoms with Gasteiger partial charge in [0.25, 0.3) is 0 Å². The summed E-state index contributed by atoms with van der Waals surface area (Å²) in [7, 11) is 3.23. The number of H-pyrrole nitrogens is 1. The number of nitrogens with zero attached hydrogens (tertiary/aromatic N) is 4. The molecule has 8 nitrogen and oxygen atoms in total. The number of rotatable bonds is 5. The van der Waals surface area contributed by atoms with E-state index < -0.39 is 0 Å². The molecule has 8 heteroatoms. The number of methoxy groups -OCH3 is 2. The number of hydrogen-bond donors (Lipinski definition) is 2. The van der Waals surface area contributed by atoms with Crippen LogP contribution in [0.15, 0.2) is 55.2 Å². The standard InChI is InChI=1S/C28H30N6O2/c1-17(18-8-9-21(35-2)22(14-18)36-3)24-25-27(33-32-24)31-23(16-30-25)34-12-10-28(11-13-34)15-19-6-4-5-7-20(19)26(28)29/h4-9,14,16,26H,1,10-13,15,29H2,2-3H3,(H,31,32,33)/t26-/m1/s1. The van der Waals surface area contributed by atoms with Gasteiger partial charge in [0.2, 0.25) is 5.65 Å². The fourth-order valence-corrected chi connectivity index (χ4v) is 5.80. The summed E-state index contributed by atoms with van der Waals surface area (Å²) in [4.78, 5) is 11.9. The number of ether oxygens (including phenoxy) is 2. The smallest absolute Gasteiger partial charge is 0.202 e. The van der Waals surface area contributed by atoms with E-state index in [4.69, 9.17) is 25.2 Å². The van der Waals surface area contributed by atoms with Crippen LogP contribution in [-0.4, -0.2) is 47.5 Å². The Balaban J connectivity index is 1.21. The number of nitrogens with one attached hydrogen (secondary N) is 1. The van der Waals surface area contributed by atoms with Crippen LogP contribution in [0.3, 0.4) is 0 Å². The Labute approximate surface area is 210 Å². The van der Waals surface area contributed by atoms with Gasteiger partial charge in [0.15, 0.2) is 11.5 Å². The Morgan fingerprint density at radius 1 is 1.11 bits per heavy atom. The first-order valence-corrected chi connectivity index (χ1v) is 12.2. The van der Waals surface area contributed by atoms with Crippen molar-refractivity contribution in [2.75, 3.05) is 32.2 Å². The highest BCUT2D eigenvalue weighted by molar-refractivity contribution is 5.90. The molecule has 2 aromatic heterocycles. The zero-order chi connectivity index (χ0) is 24.9. The SMILES string of the molecule is C=C(c1ccc(OC)c(OC)c1)c1[nH]nc2nc(N3CCC4(CC3)Cc3ccccc3[C@H]4N)cnc12. The Hall–Kier alpha value is -3.91. The summed E-state index contributed by atoms with van der Waals surface area (Å²) in [6.07, 6.45) is 4.96. The monoisotopic (exact) mass is 482 g/mol. The number of aromatic nitrogens is 4. The van der Waals surface area contributed by atoms with Gasteiger partial charge in [-0.1, -0.05) is 36.9 Å². The second kappa shape index (κ2) is 8.64. The molecule has 3 N–H and O–H groups in total. The molecule has 0 saturated carbocycles. The van der Waals surface area contributed by atoms with Crippen molar-refractivity contribution in [1.29, 1.82) is 0 Å². The summed E-state index contributed by atoms with van der Waals surface area (Å²) >= 11 is 0. The Bertz CT molecular complexity index is 1450. The van der Waals surface area contributed by atoms with Crippen molar-refractivity contribution in [2.24, 2.45) is 11.1 Å². The molecule has 184 valence electrons. The normalized spacial score (nSPS) is 18.4. The third-order valence-corrected chi connectivity index (χ3v) is 7.96. The van der Waals surface area contributed by atoms with Crippen molar-refractivity contribution in [1.82, 2.24) is 20.2 Å². The maximum absolute atomic E-state index is 6.74. The molecule has 1 saturated heterocycles. The molecule has 2 aliphatic rings. The quantitative estimate of drug-likeness (QED) is 0.438. The molecule has 0 radical (unpaired) electrons. The number of benzene rings is 2. The lowest BCUT2D eigenvalue weighted by Gasteiger charge is -2.42. The van der Waals surface area contributed by atoms with E-state index in [9.17, 15) is 0 Å². The maximum atomic E-state index is 6.74. The van der Waals surface area contributed by atoms with Crippen LogP contribution in [0.4, 0.5) is 5.82 Å². The third-order valence-electron chi connectivity index (χ3n) is 7.96. The van der Waals surface area contributed by atoms with Gasteiger partial charge in [0, 0.05) is 24.7 Å². The van der Waals surface area contributed by atoms with Crippen LogP contribution in [0.5, 0.6) is 11.5 Å². The van der Waals surface area contributed by atoms with Gasteiger partial charge in [-0.05, 0) is 53.5 Å². The van der Waals surface area contributed by atoms with Gasteiger partial charge >= 0.3 is 0 Å². The first-order valence-electron chi connectivity index (χ1n) is 12.2. The molecule has 2 aromatic carbocycles. The fourth-order valence-electron chi connectivity index (χ4n) is 5.80. The van der Waals surface area contributed by atoms with Gasteiger partial charge in [-0.15, -0.1) is 0 Å². The van der Waals surface area contributed by atoms with Crippen molar-refractivity contribution >= 4 is 22.6 Å². The molecule has 1 aliphatic carbocycles. The summed E-state index contributed by atoms with van der Waals surface area (Å²) in [6.45, 7) is 6.07. The number of nitrogens with two attached hydrogens (primary N) is 1. The fraction of sp³-hybridized carbons (Fsp3) is 0.321. The molecule has 0 bridgehead atoms. The van der Waals surface area contributed by atoms with Crippen LogP contribution in [0, 0.1) is 5.41 Å². The van der Waals surface area contributed by atoms with Crippen LogP contribution < -0.4 is 20.1 Å². The number of aromatic amines is 1. The van der Waals surface area contributed by atoms with Crippen molar-refractivity contribution in [3.63, 3.8) is 0 Å². The predicted molar refractivity (Wildman–Crippen MR) is 140 cm³/mol. The second-order valence-corrected chi connectivity index (χ2v) is 9.75. The van der Waals surface area contributed by atoms with Gasteiger partial charge < -0.3 is 20.1 Å². The van der Waals surface area contributed by atoms with Crippen molar-refractivity contribution in [2.45, 2.75) is 25.3 Å². The number of anilines is 1. The van der Waals surface area contributed by atoms with Crippen molar-refractivity contribution < 1.29 is 9.47 Å². The molecular formula is C28H30N6O2. The van der Waals surface area contributed by atoms with E-state index in [-0.39, 0.29) is 11.5 Å². The molecule has 3 heterocycles. The summed E-state index contributed by atoms with van der Waals surface area (Å²) in [5.74, 6) is 2.15. The van der Waals surface area contributed by atoms with Gasteiger partial charge in [0.05, 0.1) is 26.1 Å². The zero-order valence-electron chi connectivity index (χ0n) is 20.6. The van der Waals surface area contributed by atoms with Crippen LogP contribution in [0.1, 0.15) is 41.3 Å². The van der Waals surface area contributed by atoms with Crippen LogP contribution in [0.2, 0.25) is 0 Å². The largest absolute Gasteiger partial charge is 0.493 e. The average Bonchev–Trinajstić information content (AvgIpc) is 3.47. The third kappa shape index (κ3) is 3.52. The molecule has 1 fully saturated rings. The summed E-state index contributed by atoms with van der Waals surface area (Å²) < 4.78 is 10.8. The molecule has 0 unspecified atom stereocenters. The van der Waals surface area contributed by atoms with E-state index in [1.807, 2.05) is 24.4 Å². The molecule has 1 aliphatic heterocycles. The van der Waals surface area contributed by atoms with E-state index in [0.29, 0.717) is 22.7 Å². The lowest BCUT2D eigenvalue weighted by molar-refractivity contribution is 0.187. The summed E-state index contributed by atoms with van der Waals surface area (Å²) in [6, 6.07) is 14.4. The maximum Gasteiger partial charge on any atom is 0.202 e. The summed E-state index contributed by atoms with van der Waals surface area (Å²) in [5.41, 5.74) is 13.2. The van der Waals surface area contributed by atoms with Gasteiger partial charge in [0.1, 0.15) is 11.3 Å². The lowest BCUT2D eigenvalue weighted by Crippen LogP contribution is -2.44. The minimum atomic E-state index is 0.0981. The Kier molecular flexibility index (Phi) is 5.41. The minimum absolute atomic E-state index is 0.0981. The molecule has 6 rings (SSSR count). The highest BCUT2D eigenvalue weighted by Gasteiger charge is 2.45. The van der Waals surface area contributed by atoms with E-state index in [0.717, 1.165) is 55.0 Å². The van der Waals surface area contributed by atoms with Crippen LogP contribution >= 0.6 is 0 Å². The second-order valence-electron chi connectivity index (χ2n) is 9.75. The molecule has 4 aromatic rings. The van der Waals surface area contributed by atoms with E-state index in [2.05, 4.69) is 45.9 Å². The first kappa shape index (κ1) is 22.5. The minimum Gasteiger partial charge on any atom is -0.493 e. The molecule has 1 atom stereocenters. The first-order chi connectivity index (χ1) is 17.5. The highest BCUT2D eigenvalue weighted by atomic mass is 16.5. The molecule has 36 heavy (non-hydrogen) atoms. The van der Waals surface area contributed by atoms with Gasteiger partial charge in [-0.25, -0.2) is 9.97 Å². The lowest BCUT2D eigenvalue weighted by atomic mass is 9.73. The van der Waals surface area contributed by atoms with E-state index in [1.54, 1.807) is 14.2 Å². The van der Waals surface area contributed by atoms with Crippen LogP contribution in [0.25, 0.3) is 16.7 Å². The Morgan fingerprint density at radius 3 is 2.64 bits per heavy atom. The number of fused-ring (bicyclic) bond motifs is 2. The predicted octanol–water partition coefficient (Wildman–Crippen LogP) is 4.27. The van der Waals surface area contributed by atoms with Gasteiger partial charge in [-0.2, -0.15) is 5.10 Å². The van der Waals surface area contributed by atoms with Crippen molar-refractivity contribution in [3.05, 3.63) is 77.6 Å². The average molecular weight is 483 g/mol. The summed E-state index contributed by atoms with van der Waals surface area (Å²) in [5, 5.41) is 7.53. The van der Waals surface area contributed by atoms with E-state index >= 15 is 0 Å². The number of piperidine rings is 1. The molecule has 1 spiro atoms. The number of hydrogen-bond acceptors (Lipinski definition) is 7. The molecule has 0 amide bonds. The highest BCUT2D eigenvalue weighted by Crippen LogP contribution is 2.50. The van der Waals surface area contributed by atoms with E-state index in [1.165, 1.54) is 11.1 Å². The zero-order valence-corrected chi connectivity index (χ0v) is 20.6.